The number of hydrogen-bond donors (Lipinski definition) is 3. The van der Waals surface area contributed by atoms with Crippen LogP contribution in [-0.2, 0) is 6.18 Å². The van der Waals surface area contributed by atoms with Crippen LogP contribution < -0.4 is 10.1 Å². The molecular formula is C19H17F3N4O4S. The third-order valence-corrected chi connectivity index (χ3v) is 6.48. The smallest absolute Gasteiger partial charge is 0.419 e. The molecule has 4 rings (SSSR count). The van der Waals surface area contributed by atoms with Crippen molar-refractivity contribution in [1.29, 1.82) is 0 Å². The van der Waals surface area contributed by atoms with Gasteiger partial charge in [-0.3, -0.25) is 13.9 Å². The lowest BCUT2D eigenvalue weighted by atomic mass is 10.2. The molecule has 0 aliphatic carbocycles. The summed E-state index contributed by atoms with van der Waals surface area (Å²) in [5.41, 5.74) is -0.296. The number of aromatic nitrogens is 3. The Morgan fingerprint density at radius 3 is 2.55 bits per heavy atom. The first kappa shape index (κ1) is 21.3. The minimum Gasteiger partial charge on any atom is -0.424 e. The standard InChI is InChI=1S/C19H17F3N4O4S/c20-19(21,22)12-8-23-18(24-9-12)30-14-2-4-15-11(7-14)1-3-16(26-15)17(27)25-13-5-6-31(28,29)10-13/h1-4,7-9,13,28-29H,5-6,10H2,(H,25,27). The lowest BCUT2D eigenvalue weighted by Gasteiger charge is -2.25. The average molecular weight is 454 g/mol. The first-order valence-corrected chi connectivity index (χ1v) is 11.0. The summed E-state index contributed by atoms with van der Waals surface area (Å²) in [5.74, 6) is 0.290. The van der Waals surface area contributed by atoms with E-state index in [-0.39, 0.29) is 29.3 Å². The van der Waals surface area contributed by atoms with Crippen molar-refractivity contribution in [3.8, 4) is 11.8 Å². The van der Waals surface area contributed by atoms with Gasteiger partial charge in [0.05, 0.1) is 16.8 Å². The Kier molecular flexibility index (Phi) is 5.45. The van der Waals surface area contributed by atoms with Crippen molar-refractivity contribution in [3.63, 3.8) is 0 Å². The number of rotatable bonds is 4. The highest BCUT2D eigenvalue weighted by molar-refractivity contribution is 8.24. The summed E-state index contributed by atoms with van der Waals surface area (Å²) in [5, 5.41) is 3.39. The van der Waals surface area contributed by atoms with Crippen LogP contribution in [0.15, 0.2) is 42.7 Å². The van der Waals surface area contributed by atoms with Crippen LogP contribution >= 0.6 is 10.6 Å². The molecule has 1 unspecified atom stereocenters. The van der Waals surface area contributed by atoms with Crippen LogP contribution in [0.4, 0.5) is 13.2 Å². The number of benzene rings is 1. The van der Waals surface area contributed by atoms with E-state index in [1.54, 1.807) is 18.2 Å². The average Bonchev–Trinajstić information content (AvgIpc) is 3.05. The molecule has 1 amide bonds. The summed E-state index contributed by atoms with van der Waals surface area (Å²) in [6.07, 6.45) is -2.76. The third-order valence-electron chi connectivity index (χ3n) is 4.65. The number of nitrogens with one attached hydrogen (secondary N) is 1. The molecule has 1 atom stereocenters. The predicted molar refractivity (Wildman–Crippen MR) is 107 cm³/mol. The summed E-state index contributed by atoms with van der Waals surface area (Å²) in [7, 11) is -2.61. The van der Waals surface area contributed by atoms with Crippen molar-refractivity contribution in [2.24, 2.45) is 0 Å². The highest BCUT2D eigenvalue weighted by Gasteiger charge is 2.31. The molecule has 3 N–H and O–H groups in total. The van der Waals surface area contributed by atoms with E-state index in [4.69, 9.17) is 4.74 Å². The number of ether oxygens (including phenoxy) is 1. The Hall–Kier alpha value is -2.96. The summed E-state index contributed by atoms with van der Waals surface area (Å²) < 4.78 is 62.5. The molecule has 3 aromatic rings. The number of amides is 1. The number of alkyl halides is 3. The summed E-state index contributed by atoms with van der Waals surface area (Å²) >= 11 is 0. The van der Waals surface area contributed by atoms with Gasteiger partial charge in [0.25, 0.3) is 5.91 Å². The van der Waals surface area contributed by atoms with Gasteiger partial charge in [-0.25, -0.2) is 15.0 Å². The van der Waals surface area contributed by atoms with Gasteiger partial charge in [-0.15, -0.1) is 0 Å². The van der Waals surface area contributed by atoms with E-state index in [1.165, 1.54) is 12.1 Å². The van der Waals surface area contributed by atoms with Crippen LogP contribution in [0.3, 0.4) is 0 Å². The van der Waals surface area contributed by atoms with Crippen molar-refractivity contribution in [3.05, 3.63) is 54.0 Å². The molecule has 0 radical (unpaired) electrons. The summed E-state index contributed by atoms with van der Waals surface area (Å²) in [4.78, 5) is 23.8. The normalized spacial score (nSPS) is 19.2. The quantitative estimate of drug-likeness (QED) is 0.544. The zero-order chi connectivity index (χ0) is 22.2. The van der Waals surface area contributed by atoms with Gasteiger partial charge in [-0.2, -0.15) is 23.8 Å². The van der Waals surface area contributed by atoms with Gasteiger partial charge >= 0.3 is 12.2 Å². The van der Waals surface area contributed by atoms with E-state index in [2.05, 4.69) is 20.3 Å². The van der Waals surface area contributed by atoms with Crippen LogP contribution in [0.5, 0.6) is 11.8 Å². The van der Waals surface area contributed by atoms with E-state index in [0.717, 1.165) is 0 Å². The highest BCUT2D eigenvalue weighted by atomic mass is 32.3. The van der Waals surface area contributed by atoms with Crippen molar-refractivity contribution < 1.29 is 31.8 Å². The van der Waals surface area contributed by atoms with E-state index in [9.17, 15) is 27.1 Å². The lowest BCUT2D eigenvalue weighted by Crippen LogP contribution is -2.35. The number of pyridine rings is 1. The Morgan fingerprint density at radius 2 is 1.90 bits per heavy atom. The predicted octanol–water partition coefficient (Wildman–Crippen LogP) is 4.09. The molecule has 12 heteroatoms. The second kappa shape index (κ2) is 7.94. The molecule has 0 bridgehead atoms. The minimum atomic E-state index is -4.53. The van der Waals surface area contributed by atoms with Gasteiger partial charge in [0.1, 0.15) is 11.4 Å². The molecule has 164 valence electrons. The third kappa shape index (κ3) is 5.03. The Bertz CT molecular complexity index is 1130. The summed E-state index contributed by atoms with van der Waals surface area (Å²) in [6.45, 7) is 0. The molecule has 0 saturated carbocycles. The molecule has 1 saturated heterocycles. The monoisotopic (exact) mass is 454 g/mol. The summed E-state index contributed by atoms with van der Waals surface area (Å²) in [6, 6.07) is 7.34. The molecule has 2 aromatic heterocycles. The van der Waals surface area contributed by atoms with Crippen molar-refractivity contribution >= 4 is 27.4 Å². The molecule has 8 nitrogen and oxygen atoms in total. The van der Waals surface area contributed by atoms with Gasteiger partial charge in [-0.1, -0.05) is 6.07 Å². The van der Waals surface area contributed by atoms with Gasteiger partial charge in [0.15, 0.2) is 0 Å². The van der Waals surface area contributed by atoms with Crippen LogP contribution in [0.2, 0.25) is 0 Å². The van der Waals surface area contributed by atoms with Gasteiger partial charge in [-0.05, 0) is 30.7 Å². The first-order chi connectivity index (χ1) is 14.6. The van der Waals surface area contributed by atoms with Crippen molar-refractivity contribution in [2.75, 3.05) is 11.5 Å². The fourth-order valence-corrected chi connectivity index (χ4v) is 4.83. The molecule has 1 aromatic carbocycles. The van der Waals surface area contributed by atoms with Crippen LogP contribution in [0.25, 0.3) is 10.9 Å². The van der Waals surface area contributed by atoms with E-state index in [1.807, 2.05) is 0 Å². The van der Waals surface area contributed by atoms with Gasteiger partial charge < -0.3 is 10.1 Å². The molecule has 0 spiro atoms. The van der Waals surface area contributed by atoms with Crippen molar-refractivity contribution in [2.45, 2.75) is 18.6 Å². The molecule has 1 fully saturated rings. The van der Waals surface area contributed by atoms with Crippen molar-refractivity contribution in [1.82, 2.24) is 20.3 Å². The maximum atomic E-state index is 12.6. The number of nitrogens with zero attached hydrogens (tertiary/aromatic N) is 3. The highest BCUT2D eigenvalue weighted by Crippen LogP contribution is 2.45. The second-order valence-electron chi connectivity index (χ2n) is 7.04. The van der Waals surface area contributed by atoms with Gasteiger partial charge in [0, 0.05) is 29.6 Å². The topological polar surface area (TPSA) is 117 Å². The van der Waals surface area contributed by atoms with E-state index < -0.39 is 28.2 Å². The number of halogens is 3. The second-order valence-corrected chi connectivity index (χ2v) is 9.38. The Labute approximate surface area is 175 Å². The van der Waals surface area contributed by atoms with Crippen LogP contribution in [0.1, 0.15) is 22.5 Å². The fraction of sp³-hybridized carbons (Fsp3) is 0.263. The number of fused-ring (bicyclic) bond motifs is 1. The largest absolute Gasteiger partial charge is 0.424 e. The van der Waals surface area contributed by atoms with E-state index in [0.29, 0.717) is 35.5 Å². The maximum Gasteiger partial charge on any atom is 0.419 e. The minimum absolute atomic E-state index is 0.138. The molecule has 31 heavy (non-hydrogen) atoms. The lowest BCUT2D eigenvalue weighted by molar-refractivity contribution is -0.138. The molecular weight excluding hydrogens is 437 g/mol. The maximum absolute atomic E-state index is 12.6. The molecule has 3 heterocycles. The zero-order valence-electron chi connectivity index (χ0n) is 15.8. The molecule has 1 aliphatic heterocycles. The van der Waals surface area contributed by atoms with Crippen LogP contribution in [0, 0.1) is 0 Å². The first-order valence-electron chi connectivity index (χ1n) is 9.11. The SMILES string of the molecule is O=C(NC1CCS(O)(O)C1)c1ccc2cc(Oc3ncc(C(F)(F)F)cn3)ccc2n1. The van der Waals surface area contributed by atoms with Gasteiger partial charge in [0.2, 0.25) is 0 Å². The zero-order valence-corrected chi connectivity index (χ0v) is 16.7. The fourth-order valence-electron chi connectivity index (χ4n) is 3.11. The number of carbonyl (C=O) groups is 1. The Morgan fingerprint density at radius 1 is 1.16 bits per heavy atom. The Balaban J connectivity index is 1.46. The number of carbonyl (C=O) groups excluding carboxylic acids is 1. The number of hydrogen-bond acceptors (Lipinski definition) is 7. The molecule has 1 aliphatic rings. The van der Waals surface area contributed by atoms with E-state index >= 15 is 0 Å². The van der Waals surface area contributed by atoms with Crippen LogP contribution in [-0.4, -0.2) is 47.5 Å².